The second kappa shape index (κ2) is 6.25. The lowest BCUT2D eigenvalue weighted by Crippen LogP contribution is -2.36. The predicted octanol–water partition coefficient (Wildman–Crippen LogP) is 2.07. The molecule has 0 unspecified atom stereocenters. The third-order valence-electron chi connectivity index (χ3n) is 4.80. The lowest BCUT2D eigenvalue weighted by molar-refractivity contribution is 0.0729. The minimum atomic E-state index is -0.316. The van der Waals surface area contributed by atoms with Crippen molar-refractivity contribution in [3.05, 3.63) is 57.6 Å². The first-order valence-corrected chi connectivity index (χ1v) is 8.34. The smallest absolute Gasteiger partial charge is 0.270 e. The van der Waals surface area contributed by atoms with E-state index in [9.17, 15) is 9.59 Å². The average Bonchev–Trinajstić information content (AvgIpc) is 3.04. The van der Waals surface area contributed by atoms with Gasteiger partial charge in [0, 0.05) is 53.9 Å². The molecule has 3 aromatic rings. The molecule has 134 valence electrons. The van der Waals surface area contributed by atoms with Gasteiger partial charge in [-0.15, -0.1) is 0 Å². The fourth-order valence-corrected chi connectivity index (χ4v) is 3.41. The van der Waals surface area contributed by atoms with Gasteiger partial charge in [-0.05, 0) is 18.2 Å². The van der Waals surface area contributed by atoms with E-state index in [0.717, 1.165) is 34.3 Å². The van der Waals surface area contributed by atoms with Crippen molar-refractivity contribution in [1.29, 1.82) is 0 Å². The van der Waals surface area contributed by atoms with E-state index < -0.39 is 0 Å². The maximum atomic E-state index is 12.8. The van der Waals surface area contributed by atoms with Crippen LogP contribution in [0.3, 0.4) is 0 Å². The molecule has 26 heavy (non-hydrogen) atoms. The van der Waals surface area contributed by atoms with E-state index in [0.29, 0.717) is 13.1 Å². The van der Waals surface area contributed by atoms with Crippen molar-refractivity contribution in [3.8, 4) is 11.5 Å². The van der Waals surface area contributed by atoms with Crippen molar-refractivity contribution in [2.24, 2.45) is 0 Å². The molecule has 1 aliphatic rings. The number of pyridine rings is 1. The van der Waals surface area contributed by atoms with Gasteiger partial charge >= 0.3 is 0 Å². The summed E-state index contributed by atoms with van der Waals surface area (Å²) in [6.07, 6.45) is 2.15. The van der Waals surface area contributed by atoms with Crippen LogP contribution in [0, 0.1) is 0 Å². The van der Waals surface area contributed by atoms with Gasteiger partial charge in [0.25, 0.3) is 5.91 Å². The van der Waals surface area contributed by atoms with E-state index >= 15 is 0 Å². The Labute approximate surface area is 149 Å². The molecule has 0 saturated heterocycles. The third kappa shape index (κ3) is 2.61. The maximum absolute atomic E-state index is 12.8. The first-order chi connectivity index (χ1) is 12.6. The molecule has 0 bridgehead atoms. The number of amides is 1. The van der Waals surface area contributed by atoms with Gasteiger partial charge in [0.05, 0.1) is 14.2 Å². The van der Waals surface area contributed by atoms with Crippen molar-refractivity contribution < 1.29 is 14.3 Å². The minimum Gasteiger partial charge on any atom is -0.497 e. The van der Waals surface area contributed by atoms with Gasteiger partial charge in [0.2, 0.25) is 5.43 Å². The Bertz CT molecular complexity index is 1050. The van der Waals surface area contributed by atoms with Crippen molar-refractivity contribution in [3.63, 3.8) is 0 Å². The summed E-state index contributed by atoms with van der Waals surface area (Å²) in [4.78, 5) is 32.8. The Morgan fingerprint density at radius 3 is 2.77 bits per heavy atom. The number of nitrogens with zero attached hydrogens (tertiary/aromatic N) is 1. The van der Waals surface area contributed by atoms with Crippen molar-refractivity contribution in [1.82, 2.24) is 14.9 Å². The topological polar surface area (TPSA) is 87.4 Å². The summed E-state index contributed by atoms with van der Waals surface area (Å²) < 4.78 is 10.3. The predicted molar refractivity (Wildman–Crippen MR) is 96.9 cm³/mol. The molecule has 1 aliphatic heterocycles. The van der Waals surface area contributed by atoms with E-state index in [4.69, 9.17) is 9.47 Å². The Balaban J connectivity index is 1.66. The van der Waals surface area contributed by atoms with Crippen LogP contribution < -0.4 is 14.9 Å². The highest BCUT2D eigenvalue weighted by molar-refractivity contribution is 5.93. The Kier molecular flexibility index (Phi) is 3.91. The zero-order valence-corrected chi connectivity index (χ0v) is 14.6. The zero-order valence-electron chi connectivity index (χ0n) is 14.6. The summed E-state index contributed by atoms with van der Waals surface area (Å²) in [5.41, 5.74) is 3.21. The lowest BCUT2D eigenvalue weighted by atomic mass is 10.0. The summed E-state index contributed by atoms with van der Waals surface area (Å²) in [5.74, 6) is 0.765. The van der Waals surface area contributed by atoms with Crippen LogP contribution in [0.1, 0.15) is 21.7 Å². The molecule has 2 N–H and O–H groups in total. The van der Waals surface area contributed by atoms with Crippen molar-refractivity contribution >= 4 is 16.8 Å². The quantitative estimate of drug-likeness (QED) is 0.755. The molecule has 4 rings (SSSR count). The molecule has 1 aromatic carbocycles. The fraction of sp³-hybridized carbons (Fsp3) is 0.263. The van der Waals surface area contributed by atoms with Gasteiger partial charge in [0.15, 0.2) is 5.75 Å². The molecule has 0 fully saturated rings. The number of rotatable bonds is 3. The van der Waals surface area contributed by atoms with E-state index in [1.165, 1.54) is 19.4 Å². The summed E-state index contributed by atoms with van der Waals surface area (Å²) in [6.45, 7) is 1.07. The number of methoxy groups -OCH3 is 2. The standard InChI is InChI=1S/C19H19N3O4/c1-25-11-3-4-14-12(7-11)13-10-22(6-5-15(13)21-14)19(24)16-8-17(23)18(26-2)9-20-16/h3-4,7-9,21H,5-6,10H2,1-2H3,(H,20,23). The Hall–Kier alpha value is -3.22. The Morgan fingerprint density at radius 1 is 1.19 bits per heavy atom. The van der Waals surface area contributed by atoms with Crippen LogP contribution in [0.2, 0.25) is 0 Å². The number of ether oxygens (including phenoxy) is 2. The molecular formula is C19H19N3O4. The summed E-state index contributed by atoms with van der Waals surface area (Å²) in [6, 6.07) is 7.16. The molecule has 0 atom stereocenters. The third-order valence-corrected chi connectivity index (χ3v) is 4.80. The van der Waals surface area contributed by atoms with Gasteiger partial charge in [-0.3, -0.25) is 9.59 Å². The van der Waals surface area contributed by atoms with E-state index in [-0.39, 0.29) is 22.8 Å². The number of aromatic nitrogens is 2. The number of hydrogen-bond donors (Lipinski definition) is 2. The van der Waals surface area contributed by atoms with Gasteiger partial charge in [0.1, 0.15) is 11.4 Å². The number of carbonyl (C=O) groups is 1. The molecular weight excluding hydrogens is 334 g/mol. The summed E-state index contributed by atoms with van der Waals surface area (Å²) >= 11 is 0. The average molecular weight is 353 g/mol. The zero-order chi connectivity index (χ0) is 18.3. The largest absolute Gasteiger partial charge is 0.497 e. The number of H-pyrrole nitrogens is 2. The van der Waals surface area contributed by atoms with Gasteiger partial charge in [-0.2, -0.15) is 0 Å². The van der Waals surface area contributed by atoms with Crippen LogP contribution in [0.5, 0.6) is 11.5 Å². The lowest BCUT2D eigenvalue weighted by Gasteiger charge is -2.27. The van der Waals surface area contributed by atoms with E-state index in [2.05, 4.69) is 9.97 Å². The fourth-order valence-electron chi connectivity index (χ4n) is 3.41. The molecule has 0 radical (unpaired) electrons. The monoisotopic (exact) mass is 353 g/mol. The van der Waals surface area contributed by atoms with Crippen LogP contribution in [0.15, 0.2) is 35.3 Å². The number of nitrogens with one attached hydrogen (secondary N) is 2. The van der Waals surface area contributed by atoms with Crippen LogP contribution in [-0.2, 0) is 13.0 Å². The highest BCUT2D eigenvalue weighted by atomic mass is 16.5. The molecule has 7 nitrogen and oxygen atoms in total. The number of aromatic amines is 2. The highest BCUT2D eigenvalue weighted by Crippen LogP contribution is 2.30. The molecule has 7 heteroatoms. The summed E-state index contributed by atoms with van der Waals surface area (Å²) in [5, 5.41) is 1.06. The first kappa shape index (κ1) is 16.3. The highest BCUT2D eigenvalue weighted by Gasteiger charge is 2.25. The Morgan fingerprint density at radius 2 is 2.04 bits per heavy atom. The maximum Gasteiger partial charge on any atom is 0.270 e. The molecule has 0 saturated carbocycles. The van der Waals surface area contributed by atoms with Crippen molar-refractivity contribution in [2.45, 2.75) is 13.0 Å². The molecule has 0 spiro atoms. The second-order valence-electron chi connectivity index (χ2n) is 6.25. The minimum absolute atomic E-state index is 0.186. The van der Waals surface area contributed by atoms with Crippen LogP contribution in [0.4, 0.5) is 0 Å². The van der Waals surface area contributed by atoms with E-state index in [1.807, 2.05) is 18.2 Å². The van der Waals surface area contributed by atoms with Gasteiger partial charge in [-0.1, -0.05) is 0 Å². The molecule has 0 aliphatic carbocycles. The second-order valence-corrected chi connectivity index (χ2v) is 6.25. The number of carbonyl (C=O) groups excluding carboxylic acids is 1. The van der Waals surface area contributed by atoms with Crippen LogP contribution >= 0.6 is 0 Å². The molecule has 2 aromatic heterocycles. The molecule has 3 heterocycles. The number of fused-ring (bicyclic) bond motifs is 3. The van der Waals surface area contributed by atoms with E-state index in [1.54, 1.807) is 12.0 Å². The first-order valence-electron chi connectivity index (χ1n) is 8.34. The van der Waals surface area contributed by atoms with Crippen LogP contribution in [0.25, 0.3) is 10.9 Å². The number of hydrogen-bond acceptors (Lipinski definition) is 4. The van der Waals surface area contributed by atoms with Crippen molar-refractivity contribution in [2.75, 3.05) is 20.8 Å². The number of benzene rings is 1. The van der Waals surface area contributed by atoms with Crippen LogP contribution in [-0.4, -0.2) is 41.5 Å². The molecule has 1 amide bonds. The van der Waals surface area contributed by atoms with Gasteiger partial charge in [-0.25, -0.2) is 0 Å². The SMILES string of the molecule is COc1ccc2[nH]c3c(c2c1)CN(C(=O)c1cc(=O)c(OC)c[nH]1)CC3. The van der Waals surface area contributed by atoms with Gasteiger partial charge < -0.3 is 24.3 Å². The summed E-state index contributed by atoms with van der Waals surface area (Å²) in [7, 11) is 3.06. The normalized spacial score (nSPS) is 13.5.